The van der Waals surface area contributed by atoms with Crippen molar-refractivity contribution in [3.63, 3.8) is 0 Å². The van der Waals surface area contributed by atoms with E-state index in [1.807, 2.05) is 61.5 Å². The number of pyridine rings is 1. The molecule has 3 N–H and O–H groups in total. The number of hydrogen-bond acceptors (Lipinski definition) is 8. The van der Waals surface area contributed by atoms with Crippen molar-refractivity contribution in [2.75, 3.05) is 12.8 Å². The largest absolute Gasteiger partial charge is 0.497 e. The molecule has 43 heavy (non-hydrogen) atoms. The molecule has 0 radical (unpaired) electrons. The summed E-state index contributed by atoms with van der Waals surface area (Å²) in [5, 5.41) is 17.4. The second-order valence-electron chi connectivity index (χ2n) is 10.1. The summed E-state index contributed by atoms with van der Waals surface area (Å²) in [5.74, 6) is -0.507. The first-order chi connectivity index (χ1) is 20.9. The van der Waals surface area contributed by atoms with Gasteiger partial charge in [-0.15, -0.1) is 11.3 Å². The van der Waals surface area contributed by atoms with E-state index < -0.39 is 11.7 Å². The lowest BCUT2D eigenvalue weighted by Crippen LogP contribution is -2.38. The molecule has 0 aliphatic rings. The maximum absolute atomic E-state index is 14.1. The quantitative estimate of drug-likeness (QED) is 0.161. The smallest absolute Gasteiger partial charge is 0.393 e. The van der Waals surface area contributed by atoms with Gasteiger partial charge in [0.25, 0.3) is 5.78 Å². The number of benzene rings is 4. The first-order valence-corrected chi connectivity index (χ1v) is 14.3. The second-order valence-corrected chi connectivity index (χ2v) is 11.1. The lowest BCUT2D eigenvalue weighted by Gasteiger charge is -2.11. The highest BCUT2D eigenvalue weighted by molar-refractivity contribution is 7.21. The van der Waals surface area contributed by atoms with Crippen LogP contribution in [0.1, 0.15) is 20.9 Å². The molecular weight excluding hydrogens is 560 g/mol. The summed E-state index contributed by atoms with van der Waals surface area (Å²) < 4.78 is 11.5. The zero-order chi connectivity index (χ0) is 29.7. The van der Waals surface area contributed by atoms with Gasteiger partial charge in [-0.3, -0.25) is 9.32 Å². The van der Waals surface area contributed by atoms with Crippen molar-refractivity contribution >= 4 is 43.8 Å². The first-order valence-electron chi connectivity index (χ1n) is 13.5. The summed E-state index contributed by atoms with van der Waals surface area (Å²) in [5.41, 5.74) is 12.1. The van der Waals surface area contributed by atoms with E-state index in [1.165, 1.54) is 16.0 Å². The molecule has 8 nitrogen and oxygen atoms in total. The van der Waals surface area contributed by atoms with Crippen molar-refractivity contribution in [3.8, 4) is 39.8 Å². The number of aromatic hydroxyl groups is 1. The molecule has 0 saturated carbocycles. The molecule has 0 aliphatic carbocycles. The first kappa shape index (κ1) is 26.4. The van der Waals surface area contributed by atoms with E-state index in [2.05, 4.69) is 23.5 Å². The molecule has 0 unspecified atom stereocenters. The SMILES string of the molecule is COc1ccc(-[n+]2noc(O)c2C(=O)c2sc3nc(-c4cccc5ccccc45)cc(-c4ccc(C)cc4)c3c2N)cc1. The van der Waals surface area contributed by atoms with E-state index in [9.17, 15) is 9.90 Å². The topological polar surface area (TPSA) is 115 Å². The third-order valence-electron chi connectivity index (χ3n) is 7.49. The van der Waals surface area contributed by atoms with Crippen LogP contribution in [0.15, 0.2) is 102 Å². The van der Waals surface area contributed by atoms with Crippen LogP contribution >= 0.6 is 11.3 Å². The van der Waals surface area contributed by atoms with Crippen LogP contribution in [0.4, 0.5) is 5.69 Å². The van der Waals surface area contributed by atoms with Crippen LogP contribution in [0.25, 0.3) is 49.1 Å². The normalized spacial score (nSPS) is 11.3. The van der Waals surface area contributed by atoms with Crippen LogP contribution < -0.4 is 15.2 Å². The maximum Gasteiger partial charge on any atom is 0.393 e. The lowest BCUT2D eigenvalue weighted by atomic mass is 9.96. The Kier molecular flexibility index (Phi) is 6.36. The van der Waals surface area contributed by atoms with E-state index in [0.717, 1.165) is 38.7 Å². The fraction of sp³-hybridized carbons (Fsp3) is 0.0588. The number of ketones is 1. The molecule has 0 fully saturated rings. The molecule has 210 valence electrons. The monoisotopic (exact) mass is 585 g/mol. The number of fused-ring (bicyclic) bond motifs is 2. The summed E-state index contributed by atoms with van der Waals surface area (Å²) >= 11 is 1.18. The number of carbonyl (C=O) groups excluding carboxylic acids is 1. The zero-order valence-electron chi connectivity index (χ0n) is 23.2. The van der Waals surface area contributed by atoms with Crippen LogP contribution in [0, 0.1) is 6.92 Å². The van der Waals surface area contributed by atoms with Gasteiger partial charge >= 0.3 is 11.6 Å². The standard InChI is InChI=1S/C34H24N4O4S/c1-19-10-12-21(13-11-19)26-18-27(25-9-5-7-20-6-3-4-8-24(20)25)36-33-28(26)29(35)32(43-33)31(39)30-34(40)42-37-38(30)22-14-16-23(41-2)17-15-22/h3-18H,1-2H3,(H2-,35,37,39,40)/p+1. The second kappa shape index (κ2) is 10.4. The Hall–Kier alpha value is -5.54. The van der Waals surface area contributed by atoms with Gasteiger partial charge in [-0.25, -0.2) is 4.98 Å². The van der Waals surface area contributed by atoms with Crippen molar-refractivity contribution in [2.45, 2.75) is 6.92 Å². The molecule has 0 spiro atoms. The number of thiophene rings is 1. The fourth-order valence-corrected chi connectivity index (χ4v) is 6.35. The molecule has 0 bridgehead atoms. The highest BCUT2D eigenvalue weighted by Gasteiger charge is 2.37. The number of methoxy groups -OCH3 is 1. The van der Waals surface area contributed by atoms with Gasteiger partial charge in [0, 0.05) is 27.8 Å². The number of nitrogens with two attached hydrogens (primary N) is 1. The lowest BCUT2D eigenvalue weighted by molar-refractivity contribution is -0.672. The molecule has 9 heteroatoms. The molecule has 7 aromatic rings. The summed E-state index contributed by atoms with van der Waals surface area (Å²) in [7, 11) is 1.56. The molecular formula is C34H25N4O4S+. The van der Waals surface area contributed by atoms with Crippen molar-refractivity contribution in [3.05, 3.63) is 113 Å². The van der Waals surface area contributed by atoms with Crippen molar-refractivity contribution < 1.29 is 23.8 Å². The van der Waals surface area contributed by atoms with Crippen molar-refractivity contribution in [1.29, 1.82) is 0 Å². The Balaban J connectivity index is 1.44. The number of aryl methyl sites for hydroxylation is 1. The van der Waals surface area contributed by atoms with E-state index in [4.69, 9.17) is 20.0 Å². The average molecular weight is 586 g/mol. The number of nitrogen functional groups attached to an aromatic ring is 1. The van der Waals surface area contributed by atoms with Gasteiger partial charge in [0.2, 0.25) is 11.0 Å². The third kappa shape index (κ3) is 4.47. The third-order valence-corrected chi connectivity index (χ3v) is 8.59. The van der Waals surface area contributed by atoms with Crippen LogP contribution in [0.5, 0.6) is 11.7 Å². The molecule has 4 aromatic carbocycles. The summed E-state index contributed by atoms with van der Waals surface area (Å²) in [6, 6.07) is 31.4. The van der Waals surface area contributed by atoms with Gasteiger partial charge in [0.15, 0.2) is 0 Å². The number of nitrogens with zero attached hydrogens (tertiary/aromatic N) is 3. The molecule has 0 aliphatic heterocycles. The van der Waals surface area contributed by atoms with E-state index in [1.54, 1.807) is 31.4 Å². The highest BCUT2D eigenvalue weighted by atomic mass is 32.1. The zero-order valence-corrected chi connectivity index (χ0v) is 24.1. The van der Waals surface area contributed by atoms with Crippen molar-refractivity contribution in [2.24, 2.45) is 0 Å². The average Bonchev–Trinajstić information content (AvgIpc) is 3.60. The molecule has 3 aromatic heterocycles. The Bertz CT molecular complexity index is 2160. The van der Waals surface area contributed by atoms with E-state index in [0.29, 0.717) is 21.7 Å². The van der Waals surface area contributed by atoms with E-state index >= 15 is 0 Å². The van der Waals surface area contributed by atoms with Gasteiger partial charge in [-0.2, -0.15) is 0 Å². The molecule has 0 amide bonds. The Morgan fingerprint density at radius 2 is 1.70 bits per heavy atom. The number of aromatic nitrogens is 3. The summed E-state index contributed by atoms with van der Waals surface area (Å²) in [4.78, 5) is 19.9. The van der Waals surface area contributed by atoms with Gasteiger partial charge in [0.1, 0.15) is 15.5 Å². The minimum absolute atomic E-state index is 0.144. The van der Waals surface area contributed by atoms with Gasteiger partial charge in [-0.1, -0.05) is 72.3 Å². The van der Waals surface area contributed by atoms with Gasteiger partial charge in [-0.05, 0) is 47.0 Å². The maximum atomic E-state index is 14.1. The van der Waals surface area contributed by atoms with Crippen LogP contribution in [0.2, 0.25) is 0 Å². The number of rotatable bonds is 6. The van der Waals surface area contributed by atoms with Gasteiger partial charge in [0.05, 0.1) is 18.5 Å². The predicted molar refractivity (Wildman–Crippen MR) is 167 cm³/mol. The molecule has 0 atom stereocenters. The van der Waals surface area contributed by atoms with E-state index in [-0.39, 0.29) is 16.3 Å². The Morgan fingerprint density at radius 3 is 2.47 bits per heavy atom. The van der Waals surface area contributed by atoms with Crippen molar-refractivity contribution in [1.82, 2.24) is 10.3 Å². The number of anilines is 1. The minimum atomic E-state index is -0.610. The minimum Gasteiger partial charge on any atom is -0.497 e. The predicted octanol–water partition coefficient (Wildman–Crippen LogP) is 6.88. The van der Waals surface area contributed by atoms with Crippen LogP contribution in [-0.2, 0) is 0 Å². The summed E-state index contributed by atoms with van der Waals surface area (Å²) in [6.07, 6.45) is 0. The number of ether oxygens (including phenoxy) is 1. The molecule has 7 rings (SSSR count). The van der Waals surface area contributed by atoms with Crippen LogP contribution in [0.3, 0.4) is 0 Å². The molecule has 3 heterocycles. The van der Waals surface area contributed by atoms with Gasteiger partial charge < -0.3 is 15.6 Å². The van der Waals surface area contributed by atoms with Crippen LogP contribution in [-0.4, -0.2) is 28.3 Å². The Labute approximate surface area is 250 Å². The Morgan fingerprint density at radius 1 is 0.953 bits per heavy atom. The fourth-order valence-electron chi connectivity index (χ4n) is 5.29. The number of carbonyl (C=O) groups is 1. The number of hydrogen-bond donors (Lipinski definition) is 2. The molecule has 0 saturated heterocycles. The summed E-state index contributed by atoms with van der Waals surface area (Å²) in [6.45, 7) is 2.03. The highest BCUT2D eigenvalue weighted by Crippen LogP contribution is 2.43.